The quantitative estimate of drug-likeness (QED) is 0.412. The fourth-order valence-electron chi connectivity index (χ4n) is 4.38. The van der Waals surface area contributed by atoms with Crippen LogP contribution in [0.4, 0.5) is 4.39 Å². The van der Waals surface area contributed by atoms with E-state index in [1.165, 1.54) is 19.2 Å². The molecule has 6 nitrogen and oxygen atoms in total. The Morgan fingerprint density at radius 3 is 2.47 bits per heavy atom. The number of nitrogens with zero attached hydrogens (tertiary/aromatic N) is 1. The third-order valence-corrected chi connectivity index (χ3v) is 6.06. The third kappa shape index (κ3) is 3.65. The Morgan fingerprint density at radius 1 is 1.03 bits per heavy atom. The van der Waals surface area contributed by atoms with E-state index < -0.39 is 29.2 Å². The Balaban J connectivity index is 1.63. The molecule has 7 heteroatoms. The maximum absolute atomic E-state index is 13.9. The van der Waals surface area contributed by atoms with E-state index in [2.05, 4.69) is 0 Å². The standard InChI is InChI=1S/C27H20FNO5/c1-33-27(32)18-9-7-17(8-10-18)23-22-24(30)20-15-19(28)11-12-21(20)34-25(22)26(31)29(23)14-13-16-5-3-2-4-6-16/h2-12,15,23H,13-14H2,1H3/t23-/m1/s1. The predicted molar refractivity (Wildman–Crippen MR) is 123 cm³/mol. The second-order valence-electron chi connectivity index (χ2n) is 8.06. The summed E-state index contributed by atoms with van der Waals surface area (Å²) in [6, 6.07) is 19.2. The van der Waals surface area contributed by atoms with Crippen molar-refractivity contribution in [3.05, 3.63) is 117 Å². The molecule has 1 aliphatic rings. The number of carbonyl (C=O) groups is 2. The van der Waals surface area contributed by atoms with Gasteiger partial charge in [0.25, 0.3) is 5.91 Å². The molecule has 5 rings (SSSR count). The second-order valence-corrected chi connectivity index (χ2v) is 8.06. The highest BCUT2D eigenvalue weighted by Crippen LogP contribution is 2.38. The van der Waals surface area contributed by atoms with Crippen LogP contribution in [0, 0.1) is 5.82 Å². The number of halogens is 1. The average Bonchev–Trinajstić information content (AvgIpc) is 3.15. The minimum Gasteiger partial charge on any atom is -0.465 e. The van der Waals surface area contributed by atoms with E-state index in [0.717, 1.165) is 11.6 Å². The second kappa shape index (κ2) is 8.59. The Labute approximate surface area is 194 Å². The molecule has 0 saturated heterocycles. The molecular weight excluding hydrogens is 437 g/mol. The lowest BCUT2D eigenvalue weighted by Crippen LogP contribution is -2.31. The summed E-state index contributed by atoms with van der Waals surface area (Å²) in [6.07, 6.45) is 0.569. The lowest BCUT2D eigenvalue weighted by atomic mass is 9.97. The van der Waals surface area contributed by atoms with Crippen LogP contribution in [-0.4, -0.2) is 30.4 Å². The van der Waals surface area contributed by atoms with Crippen molar-refractivity contribution < 1.29 is 23.1 Å². The molecule has 2 heterocycles. The van der Waals surface area contributed by atoms with Crippen molar-refractivity contribution >= 4 is 22.8 Å². The lowest BCUT2D eigenvalue weighted by molar-refractivity contribution is 0.0600. The first-order valence-corrected chi connectivity index (χ1v) is 10.8. The number of carbonyl (C=O) groups excluding carboxylic acids is 2. The van der Waals surface area contributed by atoms with Crippen LogP contribution in [0.1, 0.15) is 43.6 Å². The van der Waals surface area contributed by atoms with Crippen molar-refractivity contribution in [1.29, 1.82) is 0 Å². The molecule has 1 atom stereocenters. The van der Waals surface area contributed by atoms with Crippen LogP contribution in [0.3, 0.4) is 0 Å². The number of hydrogen-bond acceptors (Lipinski definition) is 5. The number of fused-ring (bicyclic) bond motifs is 2. The predicted octanol–water partition coefficient (Wildman–Crippen LogP) is 4.51. The van der Waals surface area contributed by atoms with E-state index in [1.807, 2.05) is 30.3 Å². The first-order chi connectivity index (χ1) is 16.5. The van der Waals surface area contributed by atoms with Gasteiger partial charge in [0.05, 0.1) is 29.7 Å². The van der Waals surface area contributed by atoms with Gasteiger partial charge < -0.3 is 14.1 Å². The molecule has 4 aromatic rings. The molecular formula is C27H20FNO5. The van der Waals surface area contributed by atoms with Gasteiger partial charge in [-0.15, -0.1) is 0 Å². The summed E-state index contributed by atoms with van der Waals surface area (Å²) in [5, 5.41) is 0.0765. The molecule has 1 aliphatic heterocycles. The minimum absolute atomic E-state index is 0.0424. The van der Waals surface area contributed by atoms with E-state index in [9.17, 15) is 18.8 Å². The molecule has 0 fully saturated rings. The zero-order valence-corrected chi connectivity index (χ0v) is 18.3. The van der Waals surface area contributed by atoms with E-state index >= 15 is 0 Å². The monoisotopic (exact) mass is 457 g/mol. The van der Waals surface area contributed by atoms with Gasteiger partial charge in [-0.1, -0.05) is 42.5 Å². The number of esters is 1. The molecule has 170 valence electrons. The van der Waals surface area contributed by atoms with Gasteiger partial charge in [-0.3, -0.25) is 9.59 Å². The first-order valence-electron chi connectivity index (χ1n) is 10.8. The van der Waals surface area contributed by atoms with Crippen molar-refractivity contribution in [3.8, 4) is 0 Å². The van der Waals surface area contributed by atoms with Gasteiger partial charge >= 0.3 is 5.97 Å². The van der Waals surface area contributed by atoms with Gasteiger partial charge in [0.2, 0.25) is 5.76 Å². The molecule has 1 aromatic heterocycles. The van der Waals surface area contributed by atoms with Crippen molar-refractivity contribution in [1.82, 2.24) is 4.90 Å². The van der Waals surface area contributed by atoms with Gasteiger partial charge in [0.15, 0.2) is 5.43 Å². The van der Waals surface area contributed by atoms with Crippen LogP contribution in [0.15, 0.2) is 82.0 Å². The molecule has 0 bridgehead atoms. The Morgan fingerprint density at radius 2 is 1.76 bits per heavy atom. The van der Waals surface area contributed by atoms with Gasteiger partial charge in [-0.2, -0.15) is 0 Å². The van der Waals surface area contributed by atoms with E-state index in [-0.39, 0.29) is 22.3 Å². The summed E-state index contributed by atoms with van der Waals surface area (Å²) >= 11 is 0. The summed E-state index contributed by atoms with van der Waals surface area (Å²) in [4.78, 5) is 40.3. The highest BCUT2D eigenvalue weighted by Gasteiger charge is 2.42. The summed E-state index contributed by atoms with van der Waals surface area (Å²) in [7, 11) is 1.29. The smallest absolute Gasteiger partial charge is 0.337 e. The highest BCUT2D eigenvalue weighted by molar-refractivity contribution is 5.99. The largest absolute Gasteiger partial charge is 0.465 e. The molecule has 0 saturated carbocycles. The average molecular weight is 457 g/mol. The molecule has 34 heavy (non-hydrogen) atoms. The maximum Gasteiger partial charge on any atom is 0.337 e. The van der Waals surface area contributed by atoms with Crippen LogP contribution < -0.4 is 5.43 Å². The van der Waals surface area contributed by atoms with Crippen molar-refractivity contribution in [2.75, 3.05) is 13.7 Å². The third-order valence-electron chi connectivity index (χ3n) is 6.06. The SMILES string of the molecule is COC(=O)c1ccc([C@@H]2c3c(oc4ccc(F)cc4c3=O)C(=O)N2CCc2ccccc2)cc1. The number of amides is 1. The maximum atomic E-state index is 13.9. The fourth-order valence-corrected chi connectivity index (χ4v) is 4.38. The first kappa shape index (κ1) is 21.6. The topological polar surface area (TPSA) is 76.8 Å². The van der Waals surface area contributed by atoms with Crippen LogP contribution in [0.2, 0.25) is 0 Å². The summed E-state index contributed by atoms with van der Waals surface area (Å²) in [5.74, 6) is -1.50. The molecule has 3 aromatic carbocycles. The van der Waals surface area contributed by atoms with Gasteiger partial charge in [-0.05, 0) is 47.9 Å². The zero-order valence-electron chi connectivity index (χ0n) is 18.3. The van der Waals surface area contributed by atoms with E-state index in [1.54, 1.807) is 29.2 Å². The molecule has 0 aliphatic carbocycles. The van der Waals surface area contributed by atoms with Crippen LogP contribution in [-0.2, 0) is 11.2 Å². The Bertz CT molecular complexity index is 1460. The summed E-state index contributed by atoms with van der Waals surface area (Å²) in [5.41, 5.74) is 1.89. The Kier molecular flexibility index (Phi) is 5.45. The molecule has 0 unspecified atom stereocenters. The normalized spacial score (nSPS) is 14.9. The fraction of sp³-hybridized carbons (Fsp3) is 0.148. The zero-order chi connectivity index (χ0) is 23.8. The summed E-state index contributed by atoms with van der Waals surface area (Å²) in [6.45, 7) is 0.334. The van der Waals surface area contributed by atoms with Crippen molar-refractivity contribution in [2.24, 2.45) is 0 Å². The van der Waals surface area contributed by atoms with Gasteiger partial charge in [0.1, 0.15) is 11.4 Å². The van der Waals surface area contributed by atoms with Gasteiger partial charge in [0, 0.05) is 6.54 Å². The lowest BCUT2D eigenvalue weighted by Gasteiger charge is -2.25. The van der Waals surface area contributed by atoms with E-state index in [0.29, 0.717) is 24.1 Å². The molecule has 0 spiro atoms. The van der Waals surface area contributed by atoms with Crippen LogP contribution >= 0.6 is 0 Å². The Hall–Kier alpha value is -4.26. The van der Waals surface area contributed by atoms with Crippen LogP contribution in [0.5, 0.6) is 0 Å². The van der Waals surface area contributed by atoms with E-state index in [4.69, 9.17) is 9.15 Å². The molecule has 1 amide bonds. The van der Waals surface area contributed by atoms with Crippen LogP contribution in [0.25, 0.3) is 11.0 Å². The van der Waals surface area contributed by atoms with Crippen molar-refractivity contribution in [2.45, 2.75) is 12.5 Å². The molecule has 0 radical (unpaired) electrons. The molecule has 0 N–H and O–H groups in total. The number of methoxy groups -OCH3 is 1. The highest BCUT2D eigenvalue weighted by atomic mass is 19.1. The number of ether oxygens (including phenoxy) is 1. The van der Waals surface area contributed by atoms with Crippen molar-refractivity contribution in [3.63, 3.8) is 0 Å². The number of rotatable bonds is 5. The number of benzene rings is 3. The number of hydrogen-bond donors (Lipinski definition) is 0. The minimum atomic E-state index is -0.734. The van der Waals surface area contributed by atoms with Gasteiger partial charge in [-0.25, -0.2) is 9.18 Å². The summed E-state index contributed by atoms with van der Waals surface area (Å²) < 4.78 is 24.5.